The number of amides is 1. The monoisotopic (exact) mass is 459 g/mol. The first-order valence-corrected chi connectivity index (χ1v) is 11.6. The van der Waals surface area contributed by atoms with E-state index in [2.05, 4.69) is 5.10 Å². The molecule has 0 saturated heterocycles. The van der Waals surface area contributed by atoms with Crippen LogP contribution in [-0.4, -0.2) is 38.2 Å². The average Bonchev–Trinajstić information content (AvgIpc) is 2.99. The third-order valence-electron chi connectivity index (χ3n) is 7.64. The molecule has 32 heavy (non-hydrogen) atoms. The standard InChI is InChI=1S/C24H27ClFN3O3/c1-14-19-4-5-28(22(30)6-15-8-24(9-15)10-17(11-24)23(31)32)13-21(19)29(27-14)12-16-2-3-18(25)7-20(16)26/h2-3,7,15,17H,4-6,8-13H2,1H3,(H,31,32). The van der Waals surface area contributed by atoms with Crippen molar-refractivity contribution in [2.45, 2.75) is 58.5 Å². The second kappa shape index (κ2) is 7.87. The first kappa shape index (κ1) is 21.4. The molecular formula is C24H27ClFN3O3. The van der Waals surface area contributed by atoms with Crippen LogP contribution in [0.25, 0.3) is 0 Å². The van der Waals surface area contributed by atoms with Gasteiger partial charge in [0.25, 0.3) is 0 Å². The van der Waals surface area contributed by atoms with Crippen LogP contribution in [-0.2, 0) is 29.1 Å². The molecule has 6 nitrogen and oxygen atoms in total. The largest absolute Gasteiger partial charge is 0.481 e. The van der Waals surface area contributed by atoms with Crippen LogP contribution in [0.4, 0.5) is 4.39 Å². The second-order valence-electron chi connectivity index (χ2n) is 9.89. The fraction of sp³-hybridized carbons (Fsp3) is 0.542. The molecule has 5 rings (SSSR count). The van der Waals surface area contributed by atoms with E-state index in [9.17, 15) is 14.0 Å². The van der Waals surface area contributed by atoms with Gasteiger partial charge in [0.1, 0.15) is 5.82 Å². The molecule has 1 aliphatic heterocycles. The normalized spacial score (nSPS) is 26.4. The Morgan fingerprint density at radius 2 is 2.03 bits per heavy atom. The molecule has 3 aliphatic rings. The highest BCUT2D eigenvalue weighted by atomic mass is 35.5. The first-order chi connectivity index (χ1) is 15.2. The lowest BCUT2D eigenvalue weighted by Gasteiger charge is -2.57. The number of carboxylic acids is 1. The van der Waals surface area contributed by atoms with Crippen LogP contribution in [0, 0.1) is 30.0 Å². The molecule has 1 spiro atoms. The number of carbonyl (C=O) groups is 2. The zero-order valence-electron chi connectivity index (χ0n) is 18.1. The number of fused-ring (bicyclic) bond motifs is 1. The Morgan fingerprint density at radius 3 is 2.72 bits per heavy atom. The fourth-order valence-corrected chi connectivity index (χ4v) is 6.17. The Balaban J connectivity index is 1.22. The number of aryl methyl sites for hydroxylation is 1. The summed E-state index contributed by atoms with van der Waals surface area (Å²) in [6.07, 6.45) is 4.74. The maximum atomic E-state index is 14.3. The van der Waals surface area contributed by atoms with Crippen molar-refractivity contribution in [1.29, 1.82) is 0 Å². The molecular weight excluding hydrogens is 433 g/mol. The van der Waals surface area contributed by atoms with Crippen molar-refractivity contribution in [1.82, 2.24) is 14.7 Å². The zero-order valence-corrected chi connectivity index (χ0v) is 18.9. The minimum Gasteiger partial charge on any atom is -0.481 e. The Morgan fingerprint density at radius 1 is 1.28 bits per heavy atom. The summed E-state index contributed by atoms with van der Waals surface area (Å²) in [7, 11) is 0. The topological polar surface area (TPSA) is 75.4 Å². The van der Waals surface area contributed by atoms with Gasteiger partial charge in [-0.25, -0.2) is 4.39 Å². The summed E-state index contributed by atoms with van der Waals surface area (Å²) in [5, 5.41) is 14.1. The van der Waals surface area contributed by atoms with E-state index in [0.29, 0.717) is 42.6 Å². The number of aromatic nitrogens is 2. The molecule has 1 aromatic heterocycles. The summed E-state index contributed by atoms with van der Waals surface area (Å²) in [6.45, 7) is 3.43. The Kier molecular flexibility index (Phi) is 5.27. The predicted molar refractivity (Wildman–Crippen MR) is 117 cm³/mol. The maximum Gasteiger partial charge on any atom is 0.306 e. The first-order valence-electron chi connectivity index (χ1n) is 11.2. The molecule has 2 saturated carbocycles. The molecule has 1 N–H and O–H groups in total. The molecule has 1 amide bonds. The van der Waals surface area contributed by atoms with Crippen LogP contribution in [0.5, 0.6) is 0 Å². The lowest BCUT2D eigenvalue weighted by Crippen LogP contribution is -2.51. The number of nitrogens with zero attached hydrogens (tertiary/aromatic N) is 3. The van der Waals surface area contributed by atoms with Crippen molar-refractivity contribution < 1.29 is 19.1 Å². The fourth-order valence-electron chi connectivity index (χ4n) is 6.01. The number of carboxylic acid groups (broad SMARTS) is 1. The van der Waals surface area contributed by atoms with Crippen molar-refractivity contribution in [2.24, 2.45) is 17.3 Å². The third kappa shape index (κ3) is 3.81. The van der Waals surface area contributed by atoms with E-state index in [1.165, 1.54) is 6.07 Å². The molecule has 0 radical (unpaired) electrons. The summed E-state index contributed by atoms with van der Waals surface area (Å²) in [4.78, 5) is 25.9. The number of rotatable bonds is 5. The second-order valence-corrected chi connectivity index (χ2v) is 10.3. The molecule has 2 heterocycles. The smallest absolute Gasteiger partial charge is 0.306 e. The van der Waals surface area contributed by atoms with E-state index in [4.69, 9.17) is 16.7 Å². The summed E-state index contributed by atoms with van der Waals surface area (Å²) in [5.41, 5.74) is 3.76. The Bertz CT molecular complexity index is 1080. The maximum absolute atomic E-state index is 14.3. The number of hydrogen-bond donors (Lipinski definition) is 1. The Labute approximate surface area is 191 Å². The van der Waals surface area contributed by atoms with Crippen molar-refractivity contribution in [3.05, 3.63) is 51.6 Å². The van der Waals surface area contributed by atoms with Gasteiger partial charge in [0.05, 0.1) is 30.4 Å². The molecule has 1 aromatic carbocycles. The van der Waals surface area contributed by atoms with Gasteiger partial charge < -0.3 is 10.0 Å². The molecule has 0 bridgehead atoms. The highest BCUT2D eigenvalue weighted by molar-refractivity contribution is 6.30. The van der Waals surface area contributed by atoms with Crippen molar-refractivity contribution in [3.63, 3.8) is 0 Å². The van der Waals surface area contributed by atoms with Gasteiger partial charge in [-0.1, -0.05) is 17.7 Å². The van der Waals surface area contributed by atoms with Crippen molar-refractivity contribution >= 4 is 23.5 Å². The number of hydrogen-bond acceptors (Lipinski definition) is 3. The Hall–Kier alpha value is -2.41. The van der Waals surface area contributed by atoms with Crippen LogP contribution >= 0.6 is 11.6 Å². The zero-order chi connectivity index (χ0) is 22.6. The minimum absolute atomic E-state index is 0.146. The summed E-state index contributed by atoms with van der Waals surface area (Å²) in [5.74, 6) is -0.741. The van der Waals surface area contributed by atoms with E-state index in [0.717, 1.165) is 49.1 Å². The number of benzene rings is 1. The van der Waals surface area contributed by atoms with Crippen LogP contribution < -0.4 is 0 Å². The summed E-state index contributed by atoms with van der Waals surface area (Å²) in [6, 6.07) is 4.65. The number of aliphatic carboxylic acids is 1. The van der Waals surface area contributed by atoms with E-state index < -0.39 is 5.97 Å². The molecule has 2 fully saturated rings. The van der Waals surface area contributed by atoms with Gasteiger partial charge >= 0.3 is 5.97 Å². The van der Waals surface area contributed by atoms with E-state index in [1.807, 2.05) is 16.5 Å². The molecule has 8 heteroatoms. The molecule has 2 aromatic rings. The molecule has 2 aliphatic carbocycles. The van der Waals surface area contributed by atoms with Gasteiger partial charge in [-0.3, -0.25) is 14.3 Å². The summed E-state index contributed by atoms with van der Waals surface area (Å²) < 4.78 is 16.1. The lowest BCUT2D eigenvalue weighted by molar-refractivity contribution is -0.160. The minimum atomic E-state index is -0.690. The molecule has 170 valence electrons. The van der Waals surface area contributed by atoms with Crippen LogP contribution in [0.2, 0.25) is 5.02 Å². The average molecular weight is 460 g/mol. The van der Waals surface area contributed by atoms with Gasteiger partial charge in [-0.15, -0.1) is 0 Å². The van der Waals surface area contributed by atoms with Gasteiger partial charge in [0.15, 0.2) is 0 Å². The lowest BCUT2D eigenvalue weighted by atomic mass is 9.47. The van der Waals surface area contributed by atoms with Crippen LogP contribution in [0.1, 0.15) is 54.6 Å². The molecule has 0 atom stereocenters. The number of halogens is 2. The van der Waals surface area contributed by atoms with E-state index in [1.54, 1.807) is 12.1 Å². The predicted octanol–water partition coefficient (Wildman–Crippen LogP) is 4.20. The summed E-state index contributed by atoms with van der Waals surface area (Å²) >= 11 is 5.87. The van der Waals surface area contributed by atoms with Crippen molar-refractivity contribution in [3.8, 4) is 0 Å². The quantitative estimate of drug-likeness (QED) is 0.727. The van der Waals surface area contributed by atoms with Crippen LogP contribution in [0.3, 0.4) is 0 Å². The highest BCUT2D eigenvalue weighted by Gasteiger charge is 2.55. The molecule has 0 unspecified atom stereocenters. The van der Waals surface area contributed by atoms with Gasteiger partial charge in [0.2, 0.25) is 5.91 Å². The van der Waals surface area contributed by atoms with Gasteiger partial charge in [-0.05, 0) is 68.1 Å². The van der Waals surface area contributed by atoms with Crippen molar-refractivity contribution in [2.75, 3.05) is 6.54 Å². The van der Waals surface area contributed by atoms with Crippen LogP contribution in [0.15, 0.2) is 18.2 Å². The van der Waals surface area contributed by atoms with E-state index in [-0.39, 0.29) is 23.1 Å². The van der Waals surface area contributed by atoms with Gasteiger partial charge in [0, 0.05) is 23.6 Å². The SMILES string of the molecule is Cc1nn(Cc2ccc(Cl)cc2F)c2c1CCN(C(=O)CC1CC3(C1)CC(C(=O)O)C3)C2. The van der Waals surface area contributed by atoms with E-state index >= 15 is 0 Å². The third-order valence-corrected chi connectivity index (χ3v) is 7.88. The van der Waals surface area contributed by atoms with Gasteiger partial charge in [-0.2, -0.15) is 5.10 Å². The highest BCUT2D eigenvalue weighted by Crippen LogP contribution is 2.62. The number of carbonyl (C=O) groups excluding carboxylic acids is 1.